The fraction of sp³-hybridized carbons (Fsp3) is 0.0556. The highest BCUT2D eigenvalue weighted by atomic mass is 79.9. The van der Waals surface area contributed by atoms with Crippen molar-refractivity contribution in [2.24, 2.45) is 0 Å². The second-order valence-corrected chi connectivity index (χ2v) is 6.08. The topological polar surface area (TPSA) is 73.6 Å². The van der Waals surface area contributed by atoms with E-state index >= 15 is 0 Å². The van der Waals surface area contributed by atoms with Crippen molar-refractivity contribution in [3.8, 4) is 6.07 Å². The number of halogens is 1. The van der Waals surface area contributed by atoms with Crippen LogP contribution in [-0.4, -0.2) is 9.97 Å². The fourth-order valence-electron chi connectivity index (χ4n) is 2.19. The average molecular weight is 380 g/mol. The van der Waals surface area contributed by atoms with Crippen LogP contribution in [0.3, 0.4) is 0 Å². The molecule has 0 spiro atoms. The van der Waals surface area contributed by atoms with Crippen molar-refractivity contribution in [2.75, 3.05) is 10.6 Å². The Bertz CT molecular complexity index is 917. The number of nitrogens with zero attached hydrogens (tertiary/aromatic N) is 3. The molecule has 0 fully saturated rings. The van der Waals surface area contributed by atoms with Gasteiger partial charge in [0.2, 0.25) is 5.95 Å². The van der Waals surface area contributed by atoms with Gasteiger partial charge in [-0.05, 0) is 55.0 Å². The number of hydrogen-bond donors (Lipinski definition) is 2. The van der Waals surface area contributed by atoms with Crippen molar-refractivity contribution in [3.05, 3.63) is 70.3 Å². The van der Waals surface area contributed by atoms with Gasteiger partial charge < -0.3 is 10.6 Å². The number of rotatable bonds is 4. The van der Waals surface area contributed by atoms with Gasteiger partial charge in [-0.3, -0.25) is 0 Å². The number of nitrogens with one attached hydrogen (secondary N) is 2. The lowest BCUT2D eigenvalue weighted by atomic mass is 10.2. The highest BCUT2D eigenvalue weighted by Gasteiger charge is 2.04. The van der Waals surface area contributed by atoms with E-state index < -0.39 is 0 Å². The van der Waals surface area contributed by atoms with E-state index in [-0.39, 0.29) is 0 Å². The molecule has 0 unspecified atom stereocenters. The normalized spacial score (nSPS) is 10.0. The maximum absolute atomic E-state index is 8.96. The molecule has 3 rings (SSSR count). The first-order valence-corrected chi connectivity index (χ1v) is 8.07. The Balaban J connectivity index is 1.80. The van der Waals surface area contributed by atoms with Crippen LogP contribution >= 0.6 is 15.9 Å². The molecule has 6 heteroatoms. The Labute approximate surface area is 148 Å². The number of benzene rings is 2. The second-order valence-electron chi connectivity index (χ2n) is 5.17. The van der Waals surface area contributed by atoms with Crippen molar-refractivity contribution in [1.82, 2.24) is 9.97 Å². The minimum atomic E-state index is 0.463. The van der Waals surface area contributed by atoms with Crippen molar-refractivity contribution in [1.29, 1.82) is 5.26 Å². The summed E-state index contributed by atoms with van der Waals surface area (Å²) in [4.78, 5) is 8.67. The van der Waals surface area contributed by atoms with Gasteiger partial charge in [-0.2, -0.15) is 10.2 Å². The van der Waals surface area contributed by atoms with Crippen LogP contribution in [0.1, 0.15) is 11.1 Å². The van der Waals surface area contributed by atoms with Gasteiger partial charge in [0.05, 0.1) is 11.6 Å². The number of aromatic nitrogens is 2. The third-order valence-corrected chi connectivity index (χ3v) is 3.85. The lowest BCUT2D eigenvalue weighted by molar-refractivity contribution is 1.16. The first kappa shape index (κ1) is 16.0. The van der Waals surface area contributed by atoms with Crippen molar-refractivity contribution in [2.45, 2.75) is 6.92 Å². The Kier molecular flexibility index (Phi) is 4.73. The molecule has 0 aliphatic carbocycles. The largest absolute Gasteiger partial charge is 0.340 e. The molecule has 3 aromatic rings. The number of nitriles is 1. The van der Waals surface area contributed by atoms with Gasteiger partial charge in [0.25, 0.3) is 0 Å². The molecule has 5 nitrogen and oxygen atoms in total. The minimum Gasteiger partial charge on any atom is -0.340 e. The van der Waals surface area contributed by atoms with Crippen LogP contribution in [0.15, 0.2) is 59.2 Å². The molecule has 0 amide bonds. The molecule has 0 aliphatic heterocycles. The Morgan fingerprint density at radius 2 is 1.96 bits per heavy atom. The van der Waals surface area contributed by atoms with Crippen LogP contribution in [0.4, 0.5) is 23.1 Å². The molecule has 1 aromatic heterocycles. The van der Waals surface area contributed by atoms with Gasteiger partial charge in [-0.15, -0.1) is 0 Å². The van der Waals surface area contributed by atoms with Gasteiger partial charge in [-0.1, -0.05) is 22.0 Å². The van der Waals surface area contributed by atoms with Crippen molar-refractivity contribution in [3.63, 3.8) is 0 Å². The molecular weight excluding hydrogens is 366 g/mol. The SMILES string of the molecule is Cc1cc(Br)ccc1Nc1ccnc(Nc2cccc(C#N)c2)n1. The van der Waals surface area contributed by atoms with E-state index in [4.69, 9.17) is 5.26 Å². The summed E-state index contributed by atoms with van der Waals surface area (Å²) in [6.45, 7) is 2.03. The summed E-state index contributed by atoms with van der Waals surface area (Å²) in [5, 5.41) is 15.4. The first-order chi connectivity index (χ1) is 11.6. The summed E-state index contributed by atoms with van der Waals surface area (Å²) in [6, 6.07) is 17.1. The minimum absolute atomic E-state index is 0.463. The quantitative estimate of drug-likeness (QED) is 0.673. The maximum Gasteiger partial charge on any atom is 0.229 e. The summed E-state index contributed by atoms with van der Waals surface area (Å²) in [5.74, 6) is 1.15. The summed E-state index contributed by atoms with van der Waals surface area (Å²) < 4.78 is 1.04. The molecule has 0 radical (unpaired) electrons. The summed E-state index contributed by atoms with van der Waals surface area (Å²) in [6.07, 6.45) is 1.68. The molecule has 1 heterocycles. The van der Waals surface area contributed by atoms with E-state index in [1.165, 1.54) is 0 Å². The maximum atomic E-state index is 8.96. The van der Waals surface area contributed by atoms with Crippen molar-refractivity contribution < 1.29 is 0 Å². The molecule has 24 heavy (non-hydrogen) atoms. The first-order valence-electron chi connectivity index (χ1n) is 7.27. The highest BCUT2D eigenvalue weighted by Crippen LogP contribution is 2.23. The highest BCUT2D eigenvalue weighted by molar-refractivity contribution is 9.10. The zero-order valence-corrected chi connectivity index (χ0v) is 14.5. The van der Waals surface area contributed by atoms with Gasteiger partial charge in [0.1, 0.15) is 5.82 Å². The average Bonchev–Trinajstić information content (AvgIpc) is 2.58. The van der Waals surface area contributed by atoms with Gasteiger partial charge in [0, 0.05) is 22.0 Å². The van der Waals surface area contributed by atoms with Crippen LogP contribution in [0, 0.1) is 18.3 Å². The molecule has 2 aromatic carbocycles. The molecular formula is C18H14BrN5. The van der Waals surface area contributed by atoms with Crippen molar-refractivity contribution >= 4 is 39.1 Å². The molecule has 0 bridgehead atoms. The Morgan fingerprint density at radius 1 is 1.08 bits per heavy atom. The fourth-order valence-corrected chi connectivity index (χ4v) is 2.66. The van der Waals surface area contributed by atoms with Crippen LogP contribution in [-0.2, 0) is 0 Å². The lowest BCUT2D eigenvalue weighted by Crippen LogP contribution is -2.01. The zero-order chi connectivity index (χ0) is 16.9. The van der Waals surface area contributed by atoms with Crippen LogP contribution < -0.4 is 10.6 Å². The van der Waals surface area contributed by atoms with E-state index in [1.54, 1.807) is 24.4 Å². The van der Waals surface area contributed by atoms with Gasteiger partial charge >= 0.3 is 0 Å². The summed E-state index contributed by atoms with van der Waals surface area (Å²) >= 11 is 3.46. The molecule has 118 valence electrons. The molecule has 0 saturated heterocycles. The van der Waals surface area contributed by atoms with Gasteiger partial charge in [-0.25, -0.2) is 4.98 Å². The molecule has 2 N–H and O–H groups in total. The van der Waals surface area contributed by atoms with E-state index in [2.05, 4.69) is 42.6 Å². The predicted molar refractivity (Wildman–Crippen MR) is 98.6 cm³/mol. The number of hydrogen-bond acceptors (Lipinski definition) is 5. The summed E-state index contributed by atoms with van der Waals surface area (Å²) in [5.41, 5.74) is 3.44. The van der Waals surface area contributed by atoms with Crippen LogP contribution in [0.2, 0.25) is 0 Å². The second kappa shape index (κ2) is 7.11. The Morgan fingerprint density at radius 3 is 2.75 bits per heavy atom. The predicted octanol–water partition coefficient (Wildman–Crippen LogP) is 4.91. The third kappa shape index (κ3) is 3.89. The summed E-state index contributed by atoms with van der Waals surface area (Å²) in [7, 11) is 0. The molecule has 0 saturated carbocycles. The Hall–Kier alpha value is -2.91. The molecule has 0 aliphatic rings. The molecule has 0 atom stereocenters. The zero-order valence-electron chi connectivity index (χ0n) is 12.9. The van der Waals surface area contributed by atoms with Crippen LogP contribution in [0.25, 0.3) is 0 Å². The number of aryl methyl sites for hydroxylation is 1. The van der Waals surface area contributed by atoms with E-state index in [0.717, 1.165) is 21.4 Å². The monoisotopic (exact) mass is 379 g/mol. The standard InChI is InChI=1S/C18H14BrN5/c1-12-9-14(19)5-6-16(12)23-17-7-8-21-18(24-17)22-15-4-2-3-13(10-15)11-20/h2-10H,1H3,(H2,21,22,23,24). The third-order valence-electron chi connectivity index (χ3n) is 3.35. The van der Waals surface area contributed by atoms with E-state index in [0.29, 0.717) is 17.3 Å². The number of anilines is 4. The smallest absolute Gasteiger partial charge is 0.229 e. The van der Waals surface area contributed by atoms with E-state index in [9.17, 15) is 0 Å². The van der Waals surface area contributed by atoms with Gasteiger partial charge in [0.15, 0.2) is 0 Å². The van der Waals surface area contributed by atoms with E-state index in [1.807, 2.05) is 37.3 Å². The lowest BCUT2D eigenvalue weighted by Gasteiger charge is -2.11. The van der Waals surface area contributed by atoms with Crippen LogP contribution in [0.5, 0.6) is 0 Å².